The van der Waals surface area contributed by atoms with Crippen molar-refractivity contribution >= 4 is 23.4 Å². The molecular weight excluding hydrogens is 306 g/mol. The van der Waals surface area contributed by atoms with E-state index in [2.05, 4.69) is 17.6 Å². The third kappa shape index (κ3) is 5.25. The molecule has 0 aromatic heterocycles. The molecule has 1 heterocycles. The molecule has 1 atom stereocenters. The molecule has 1 aromatic carbocycles. The van der Waals surface area contributed by atoms with Gasteiger partial charge in [0, 0.05) is 11.3 Å². The molecule has 0 aliphatic carbocycles. The van der Waals surface area contributed by atoms with Gasteiger partial charge >= 0.3 is 0 Å². The van der Waals surface area contributed by atoms with Gasteiger partial charge < -0.3 is 10.6 Å². The highest BCUT2D eigenvalue weighted by molar-refractivity contribution is 7.99. The van der Waals surface area contributed by atoms with Crippen molar-refractivity contribution in [1.82, 2.24) is 5.32 Å². The van der Waals surface area contributed by atoms with Crippen LogP contribution in [0.2, 0.25) is 0 Å². The summed E-state index contributed by atoms with van der Waals surface area (Å²) in [5.74, 6) is -1.74. The number of rotatable bonds is 6. The van der Waals surface area contributed by atoms with E-state index < -0.39 is 5.76 Å². The molecule has 1 aliphatic heterocycles. The Morgan fingerprint density at radius 1 is 1.36 bits per heavy atom. The minimum absolute atomic E-state index is 0.103. The monoisotopic (exact) mass is 328 g/mol. The molecule has 0 bridgehead atoms. The lowest BCUT2D eigenvalue weighted by atomic mass is 9.84. The van der Waals surface area contributed by atoms with Crippen LogP contribution in [0.15, 0.2) is 29.2 Å². The highest BCUT2D eigenvalue weighted by atomic mass is 32.2. The second-order valence-corrected chi connectivity index (χ2v) is 6.72. The van der Waals surface area contributed by atoms with Crippen LogP contribution in [0.25, 0.3) is 0 Å². The molecule has 0 spiro atoms. The van der Waals surface area contributed by atoms with Gasteiger partial charge in [-0.25, -0.2) is 0 Å². The SMILES string of the molecule is CC(CC(=O)Nc1ccccc1SC(F)F)C1CCNCC1. The van der Waals surface area contributed by atoms with E-state index in [1.54, 1.807) is 24.3 Å². The highest BCUT2D eigenvalue weighted by Gasteiger charge is 2.22. The summed E-state index contributed by atoms with van der Waals surface area (Å²) in [5, 5.41) is 6.09. The maximum atomic E-state index is 12.5. The first-order chi connectivity index (χ1) is 10.6. The summed E-state index contributed by atoms with van der Waals surface area (Å²) in [4.78, 5) is 12.6. The van der Waals surface area contributed by atoms with Crippen LogP contribution in [0.4, 0.5) is 14.5 Å². The van der Waals surface area contributed by atoms with Crippen LogP contribution in [0.1, 0.15) is 26.2 Å². The van der Waals surface area contributed by atoms with E-state index in [1.165, 1.54) is 0 Å². The van der Waals surface area contributed by atoms with Gasteiger partial charge in [0.25, 0.3) is 5.76 Å². The number of carbonyl (C=O) groups excluding carboxylic acids is 1. The maximum Gasteiger partial charge on any atom is 0.288 e. The maximum absolute atomic E-state index is 12.5. The van der Waals surface area contributed by atoms with Crippen LogP contribution < -0.4 is 10.6 Å². The number of piperidine rings is 1. The van der Waals surface area contributed by atoms with Crippen LogP contribution in [0.5, 0.6) is 0 Å². The fourth-order valence-corrected chi connectivity index (χ4v) is 3.44. The van der Waals surface area contributed by atoms with Gasteiger partial charge in [0.15, 0.2) is 0 Å². The minimum Gasteiger partial charge on any atom is -0.325 e. The lowest BCUT2D eigenvalue weighted by molar-refractivity contribution is -0.117. The first kappa shape index (κ1) is 17.2. The Kier molecular flexibility index (Phi) is 6.64. The van der Waals surface area contributed by atoms with Gasteiger partial charge in [0.2, 0.25) is 5.91 Å². The molecule has 22 heavy (non-hydrogen) atoms. The summed E-state index contributed by atoms with van der Waals surface area (Å²) in [5.41, 5.74) is 0.468. The van der Waals surface area contributed by atoms with Crippen molar-refractivity contribution in [2.45, 2.75) is 36.8 Å². The van der Waals surface area contributed by atoms with Crippen LogP contribution in [-0.4, -0.2) is 24.8 Å². The van der Waals surface area contributed by atoms with Crippen molar-refractivity contribution in [1.29, 1.82) is 0 Å². The highest BCUT2D eigenvalue weighted by Crippen LogP contribution is 2.32. The van der Waals surface area contributed by atoms with Crippen molar-refractivity contribution < 1.29 is 13.6 Å². The standard InChI is InChI=1S/C16H22F2N2OS/c1-11(12-6-8-19-9-7-12)10-15(21)20-13-4-2-3-5-14(13)22-16(17)18/h2-5,11-12,16,19H,6-10H2,1H3,(H,20,21). The van der Waals surface area contributed by atoms with Crippen molar-refractivity contribution in [3.63, 3.8) is 0 Å². The molecule has 1 aliphatic rings. The lowest BCUT2D eigenvalue weighted by Gasteiger charge is -2.28. The summed E-state index contributed by atoms with van der Waals surface area (Å²) in [6.45, 7) is 4.10. The second kappa shape index (κ2) is 8.48. The van der Waals surface area contributed by atoms with Crippen LogP contribution in [0, 0.1) is 11.8 Å². The number of thioether (sulfide) groups is 1. The van der Waals surface area contributed by atoms with Crippen molar-refractivity contribution in [3.8, 4) is 0 Å². The largest absolute Gasteiger partial charge is 0.325 e. The van der Waals surface area contributed by atoms with Gasteiger partial charge in [0.05, 0.1) is 5.69 Å². The summed E-state index contributed by atoms with van der Waals surface area (Å²) >= 11 is 0.458. The van der Waals surface area contributed by atoms with E-state index in [9.17, 15) is 13.6 Å². The number of hydrogen-bond donors (Lipinski definition) is 2. The van der Waals surface area contributed by atoms with Gasteiger partial charge in [-0.2, -0.15) is 8.78 Å². The number of amides is 1. The van der Waals surface area contributed by atoms with Crippen LogP contribution in [0.3, 0.4) is 0 Å². The van der Waals surface area contributed by atoms with Gasteiger partial charge in [-0.3, -0.25) is 4.79 Å². The molecule has 0 radical (unpaired) electrons. The molecule has 1 saturated heterocycles. The third-order valence-electron chi connectivity index (χ3n) is 4.07. The Labute approximate surface area is 134 Å². The normalized spacial score (nSPS) is 17.5. The average molecular weight is 328 g/mol. The molecular formula is C16H22F2N2OS. The quantitative estimate of drug-likeness (QED) is 0.777. The summed E-state index contributed by atoms with van der Waals surface area (Å²) in [6.07, 6.45) is 2.61. The van der Waals surface area contributed by atoms with E-state index in [1.807, 2.05) is 0 Å². The van der Waals surface area contributed by atoms with E-state index >= 15 is 0 Å². The summed E-state index contributed by atoms with van der Waals surface area (Å²) in [7, 11) is 0. The molecule has 1 unspecified atom stereocenters. The number of benzene rings is 1. The van der Waals surface area contributed by atoms with E-state index in [0.717, 1.165) is 25.9 Å². The van der Waals surface area contributed by atoms with Crippen LogP contribution >= 0.6 is 11.8 Å². The Morgan fingerprint density at radius 2 is 2.05 bits per heavy atom. The number of alkyl halides is 2. The third-order valence-corrected chi connectivity index (χ3v) is 4.86. The van der Waals surface area contributed by atoms with Crippen molar-refractivity contribution in [3.05, 3.63) is 24.3 Å². The number of para-hydroxylation sites is 1. The van der Waals surface area contributed by atoms with Gasteiger partial charge in [0.1, 0.15) is 0 Å². The molecule has 1 fully saturated rings. The number of halogens is 2. The molecule has 2 N–H and O–H groups in total. The summed E-state index contributed by atoms with van der Waals surface area (Å²) < 4.78 is 25.1. The van der Waals surface area contributed by atoms with Crippen molar-refractivity contribution in [2.75, 3.05) is 18.4 Å². The second-order valence-electron chi connectivity index (χ2n) is 5.69. The molecule has 6 heteroatoms. The Morgan fingerprint density at radius 3 is 2.73 bits per heavy atom. The van der Waals surface area contributed by atoms with Crippen LogP contribution in [-0.2, 0) is 4.79 Å². The Bertz CT molecular complexity index is 493. The van der Waals surface area contributed by atoms with E-state index in [0.29, 0.717) is 40.6 Å². The molecule has 2 rings (SSSR count). The molecule has 1 aromatic rings. The van der Waals surface area contributed by atoms with Gasteiger partial charge in [-0.05, 0) is 49.9 Å². The van der Waals surface area contributed by atoms with Gasteiger partial charge in [-0.1, -0.05) is 30.8 Å². The van der Waals surface area contributed by atoms with Gasteiger partial charge in [-0.15, -0.1) is 0 Å². The molecule has 0 saturated carbocycles. The number of carbonyl (C=O) groups is 1. The zero-order valence-corrected chi connectivity index (χ0v) is 13.5. The Hall–Kier alpha value is -1.14. The first-order valence-electron chi connectivity index (χ1n) is 7.60. The van der Waals surface area contributed by atoms with E-state index in [-0.39, 0.29) is 5.91 Å². The smallest absolute Gasteiger partial charge is 0.288 e. The number of nitrogens with one attached hydrogen (secondary N) is 2. The average Bonchev–Trinajstić information content (AvgIpc) is 2.49. The zero-order chi connectivity index (χ0) is 15.9. The molecule has 122 valence electrons. The lowest BCUT2D eigenvalue weighted by Crippen LogP contribution is -2.32. The van der Waals surface area contributed by atoms with E-state index in [4.69, 9.17) is 0 Å². The first-order valence-corrected chi connectivity index (χ1v) is 8.48. The minimum atomic E-state index is -2.49. The Balaban J connectivity index is 1.91. The topological polar surface area (TPSA) is 41.1 Å². The predicted octanol–water partition coefficient (Wildman–Crippen LogP) is 3.97. The molecule has 3 nitrogen and oxygen atoms in total. The van der Waals surface area contributed by atoms with Crippen molar-refractivity contribution in [2.24, 2.45) is 11.8 Å². The zero-order valence-electron chi connectivity index (χ0n) is 12.6. The fraction of sp³-hybridized carbons (Fsp3) is 0.562. The number of anilines is 1. The summed E-state index contributed by atoms with van der Waals surface area (Å²) in [6, 6.07) is 6.69. The molecule has 1 amide bonds. The fourth-order valence-electron chi connectivity index (χ4n) is 2.84. The number of hydrogen-bond acceptors (Lipinski definition) is 3. The predicted molar refractivity (Wildman–Crippen MR) is 86.3 cm³/mol.